The molecule has 0 spiro atoms. The van der Waals surface area contributed by atoms with Crippen molar-refractivity contribution >= 4 is 0 Å². The summed E-state index contributed by atoms with van der Waals surface area (Å²) >= 11 is 0. The average molecular weight is 239 g/mol. The molecule has 0 aliphatic heterocycles. The molecule has 0 saturated carbocycles. The molecule has 5 nitrogen and oxygen atoms in total. The molecule has 1 heterocycles. The summed E-state index contributed by atoms with van der Waals surface area (Å²) in [6.45, 7) is 7.53. The van der Waals surface area contributed by atoms with Gasteiger partial charge in [-0.15, -0.1) is 0 Å². The minimum atomic E-state index is 0.289. The van der Waals surface area contributed by atoms with Gasteiger partial charge in [-0.3, -0.25) is 16.0 Å². The fourth-order valence-electron chi connectivity index (χ4n) is 1.84. The van der Waals surface area contributed by atoms with Crippen LogP contribution in [0.15, 0.2) is 6.33 Å². The summed E-state index contributed by atoms with van der Waals surface area (Å²) < 4.78 is 1.97. The third-order valence-electron chi connectivity index (χ3n) is 2.89. The summed E-state index contributed by atoms with van der Waals surface area (Å²) in [6, 6.07) is 0.289. The molecule has 98 valence electrons. The maximum absolute atomic E-state index is 5.59. The maximum atomic E-state index is 5.59. The summed E-state index contributed by atoms with van der Waals surface area (Å²) in [5.41, 5.74) is 2.88. The SMILES string of the molecule is CCCn1ncnc1CC(CCC(C)C)NN. The monoisotopic (exact) mass is 239 g/mol. The normalized spacial score (nSPS) is 13.2. The Morgan fingerprint density at radius 3 is 2.76 bits per heavy atom. The Morgan fingerprint density at radius 1 is 1.41 bits per heavy atom. The van der Waals surface area contributed by atoms with Gasteiger partial charge in [0.2, 0.25) is 0 Å². The molecular weight excluding hydrogens is 214 g/mol. The van der Waals surface area contributed by atoms with Gasteiger partial charge >= 0.3 is 0 Å². The molecule has 0 aliphatic carbocycles. The average Bonchev–Trinajstić information content (AvgIpc) is 2.72. The van der Waals surface area contributed by atoms with Gasteiger partial charge in [-0.25, -0.2) is 4.98 Å². The fourth-order valence-corrected chi connectivity index (χ4v) is 1.84. The molecule has 0 saturated heterocycles. The summed E-state index contributed by atoms with van der Waals surface area (Å²) in [7, 11) is 0. The number of hydrogen-bond donors (Lipinski definition) is 2. The Kier molecular flexibility index (Phi) is 6.15. The van der Waals surface area contributed by atoms with Crippen molar-refractivity contribution in [3.63, 3.8) is 0 Å². The first-order valence-electron chi connectivity index (χ1n) is 6.50. The van der Waals surface area contributed by atoms with Crippen LogP contribution in [0.1, 0.15) is 45.9 Å². The van der Waals surface area contributed by atoms with E-state index < -0.39 is 0 Å². The Morgan fingerprint density at radius 2 is 2.18 bits per heavy atom. The van der Waals surface area contributed by atoms with E-state index in [0.717, 1.165) is 31.6 Å². The quantitative estimate of drug-likeness (QED) is 0.533. The highest BCUT2D eigenvalue weighted by Crippen LogP contribution is 2.10. The first kappa shape index (κ1) is 14.1. The van der Waals surface area contributed by atoms with Gasteiger partial charge in [-0.2, -0.15) is 5.10 Å². The molecule has 1 unspecified atom stereocenters. The van der Waals surface area contributed by atoms with Gasteiger partial charge in [-0.1, -0.05) is 20.8 Å². The lowest BCUT2D eigenvalue weighted by molar-refractivity contribution is 0.419. The molecule has 0 aliphatic rings. The zero-order valence-electron chi connectivity index (χ0n) is 11.2. The molecule has 0 aromatic carbocycles. The van der Waals surface area contributed by atoms with Crippen molar-refractivity contribution in [3.05, 3.63) is 12.2 Å². The van der Waals surface area contributed by atoms with Crippen LogP contribution in [0.4, 0.5) is 0 Å². The van der Waals surface area contributed by atoms with E-state index in [1.807, 2.05) is 4.68 Å². The standard InChI is InChI=1S/C12H25N5/c1-4-7-17-12(14-9-15-17)8-11(16-13)6-5-10(2)3/h9-11,16H,4-8,13H2,1-3H3. The number of aryl methyl sites for hydroxylation is 1. The molecule has 1 aromatic heterocycles. The molecule has 17 heavy (non-hydrogen) atoms. The van der Waals surface area contributed by atoms with Crippen LogP contribution in [0.5, 0.6) is 0 Å². The number of aromatic nitrogens is 3. The van der Waals surface area contributed by atoms with Crippen molar-refractivity contribution in [2.75, 3.05) is 0 Å². The summed E-state index contributed by atoms with van der Waals surface area (Å²) in [5, 5.41) is 4.23. The second-order valence-corrected chi connectivity index (χ2v) is 4.94. The topological polar surface area (TPSA) is 68.8 Å². The van der Waals surface area contributed by atoms with E-state index in [1.165, 1.54) is 6.42 Å². The van der Waals surface area contributed by atoms with Crippen LogP contribution in [0.2, 0.25) is 0 Å². The highest BCUT2D eigenvalue weighted by atomic mass is 15.3. The lowest BCUT2D eigenvalue weighted by Crippen LogP contribution is -2.37. The Bertz CT molecular complexity index is 308. The van der Waals surface area contributed by atoms with Gasteiger partial charge in [0.15, 0.2) is 0 Å². The van der Waals surface area contributed by atoms with Crippen molar-refractivity contribution in [1.29, 1.82) is 0 Å². The summed E-state index contributed by atoms with van der Waals surface area (Å²) in [5.74, 6) is 7.33. The van der Waals surface area contributed by atoms with E-state index in [-0.39, 0.29) is 6.04 Å². The number of hydrogen-bond acceptors (Lipinski definition) is 4. The fraction of sp³-hybridized carbons (Fsp3) is 0.833. The lowest BCUT2D eigenvalue weighted by Gasteiger charge is -2.16. The van der Waals surface area contributed by atoms with Crippen molar-refractivity contribution < 1.29 is 0 Å². The van der Waals surface area contributed by atoms with Gasteiger partial charge in [0.05, 0.1) is 0 Å². The first-order chi connectivity index (χ1) is 8.17. The van der Waals surface area contributed by atoms with Crippen LogP contribution in [-0.2, 0) is 13.0 Å². The molecular formula is C12H25N5. The predicted octanol–water partition coefficient (Wildman–Crippen LogP) is 1.50. The van der Waals surface area contributed by atoms with Crippen molar-refractivity contribution in [3.8, 4) is 0 Å². The molecule has 1 atom stereocenters. The van der Waals surface area contributed by atoms with Gasteiger partial charge in [-0.05, 0) is 25.2 Å². The smallest absolute Gasteiger partial charge is 0.138 e. The minimum Gasteiger partial charge on any atom is -0.271 e. The van der Waals surface area contributed by atoms with E-state index >= 15 is 0 Å². The molecule has 1 rings (SSSR count). The van der Waals surface area contributed by atoms with Gasteiger partial charge in [0.1, 0.15) is 12.2 Å². The Hall–Kier alpha value is -0.940. The maximum Gasteiger partial charge on any atom is 0.138 e. The van der Waals surface area contributed by atoms with Crippen molar-refractivity contribution in [2.24, 2.45) is 11.8 Å². The van der Waals surface area contributed by atoms with Crippen LogP contribution in [0, 0.1) is 5.92 Å². The first-order valence-corrected chi connectivity index (χ1v) is 6.50. The third kappa shape index (κ3) is 4.83. The second-order valence-electron chi connectivity index (χ2n) is 4.94. The van der Waals surface area contributed by atoms with Crippen molar-refractivity contribution in [1.82, 2.24) is 20.2 Å². The Labute approximate surface area is 104 Å². The van der Waals surface area contributed by atoms with Gasteiger partial charge < -0.3 is 0 Å². The van der Waals surface area contributed by atoms with Crippen LogP contribution in [0.3, 0.4) is 0 Å². The van der Waals surface area contributed by atoms with Crippen molar-refractivity contribution in [2.45, 2.75) is 59.0 Å². The molecule has 0 radical (unpaired) electrons. The van der Waals surface area contributed by atoms with E-state index in [2.05, 4.69) is 36.3 Å². The number of nitrogens with two attached hydrogens (primary N) is 1. The van der Waals surface area contributed by atoms with Crippen LogP contribution >= 0.6 is 0 Å². The summed E-state index contributed by atoms with van der Waals surface area (Å²) in [6.07, 6.45) is 5.80. The highest BCUT2D eigenvalue weighted by Gasteiger charge is 2.12. The lowest BCUT2D eigenvalue weighted by atomic mass is 10.0. The molecule has 0 amide bonds. The zero-order valence-corrected chi connectivity index (χ0v) is 11.2. The van der Waals surface area contributed by atoms with Crippen LogP contribution in [-0.4, -0.2) is 20.8 Å². The van der Waals surface area contributed by atoms with E-state index in [0.29, 0.717) is 5.92 Å². The second kappa shape index (κ2) is 7.40. The largest absolute Gasteiger partial charge is 0.271 e. The van der Waals surface area contributed by atoms with E-state index in [4.69, 9.17) is 5.84 Å². The van der Waals surface area contributed by atoms with Gasteiger partial charge in [0.25, 0.3) is 0 Å². The number of hydrazine groups is 1. The zero-order chi connectivity index (χ0) is 12.7. The van der Waals surface area contributed by atoms with E-state index in [1.54, 1.807) is 6.33 Å². The molecule has 1 aromatic rings. The predicted molar refractivity (Wildman–Crippen MR) is 69.2 cm³/mol. The van der Waals surface area contributed by atoms with E-state index in [9.17, 15) is 0 Å². The minimum absolute atomic E-state index is 0.289. The summed E-state index contributed by atoms with van der Waals surface area (Å²) in [4.78, 5) is 4.31. The molecule has 0 bridgehead atoms. The van der Waals surface area contributed by atoms with Crippen LogP contribution < -0.4 is 11.3 Å². The van der Waals surface area contributed by atoms with Gasteiger partial charge in [0, 0.05) is 19.0 Å². The third-order valence-corrected chi connectivity index (χ3v) is 2.89. The number of nitrogens with zero attached hydrogens (tertiary/aromatic N) is 3. The highest BCUT2D eigenvalue weighted by molar-refractivity contribution is 4.89. The van der Waals surface area contributed by atoms with Crippen LogP contribution in [0.25, 0.3) is 0 Å². The number of rotatable bonds is 8. The molecule has 0 fully saturated rings. The Balaban J connectivity index is 2.51. The molecule has 3 N–H and O–H groups in total. The molecule has 5 heteroatoms. The number of nitrogens with one attached hydrogen (secondary N) is 1.